The Hall–Kier alpha value is -2.33. The maximum Gasteiger partial charge on any atom is 1.00 e. The second kappa shape index (κ2) is 27.3. The Morgan fingerprint density at radius 2 is 1.37 bits per heavy atom. The van der Waals surface area contributed by atoms with Gasteiger partial charge in [-0.15, -0.1) is 0 Å². The number of halogens is 1. The molecule has 0 aliphatic rings. The molecule has 0 aromatic carbocycles. The van der Waals surface area contributed by atoms with Gasteiger partial charge in [0.1, 0.15) is 26.3 Å². The number of rotatable bonds is 21. The van der Waals surface area contributed by atoms with E-state index in [9.17, 15) is 37.4 Å². The van der Waals surface area contributed by atoms with Crippen molar-refractivity contribution >= 4 is 45.9 Å². The summed E-state index contributed by atoms with van der Waals surface area (Å²) in [6.45, 7) is 22.6. The number of quaternary nitrogens is 2. The van der Waals surface area contributed by atoms with Crippen LogP contribution in [0.3, 0.4) is 0 Å². The van der Waals surface area contributed by atoms with Gasteiger partial charge in [0.15, 0.2) is 0 Å². The monoisotopic (exact) mass is 840 g/mol. The minimum Gasteiger partial charge on any atom is -1.00 e. The first kappa shape index (κ1) is 60.9. The van der Waals surface area contributed by atoms with Crippen LogP contribution in [-0.2, 0) is 48.1 Å². The fourth-order valence-corrected chi connectivity index (χ4v) is 4.91. The van der Waals surface area contributed by atoms with Crippen LogP contribution in [0.1, 0.15) is 69.7 Å². The molecule has 20 heteroatoms. The molecule has 1 unspecified atom stereocenters. The quantitative estimate of drug-likeness (QED) is 0.0189. The zero-order valence-electron chi connectivity index (χ0n) is 35.7. The van der Waals surface area contributed by atoms with Gasteiger partial charge in [-0.1, -0.05) is 20.1 Å². The minimum absolute atomic E-state index is 0. The molecule has 0 aliphatic heterocycles. The number of nitrogens with one attached hydrogen (secondary N) is 2. The van der Waals surface area contributed by atoms with Crippen molar-refractivity contribution in [1.82, 2.24) is 10.6 Å². The summed E-state index contributed by atoms with van der Waals surface area (Å²) in [4.78, 5) is 46.4. The van der Waals surface area contributed by atoms with Crippen molar-refractivity contribution < 1.29 is 84.5 Å². The molecular weight excluding hydrogens is 772 g/mol. The maximum absolute atomic E-state index is 12.3. The Morgan fingerprint density at radius 1 is 0.907 bits per heavy atom. The summed E-state index contributed by atoms with van der Waals surface area (Å²) in [5.41, 5.74) is -1.90. The average molecular weight is 842 g/mol. The van der Waals surface area contributed by atoms with Crippen LogP contribution < -0.4 is 28.3 Å². The van der Waals surface area contributed by atoms with Gasteiger partial charge in [0.05, 0.1) is 63.6 Å². The van der Waals surface area contributed by atoms with Crippen LogP contribution in [0.2, 0.25) is 0 Å². The van der Waals surface area contributed by atoms with Crippen molar-refractivity contribution in [2.75, 3.05) is 80.1 Å². The van der Waals surface area contributed by atoms with Crippen molar-refractivity contribution in [3.05, 3.63) is 24.8 Å². The van der Waals surface area contributed by atoms with Gasteiger partial charge in [-0.2, -0.15) is 4.33 Å². The van der Waals surface area contributed by atoms with Crippen LogP contribution in [0.5, 0.6) is 0 Å². The minimum atomic E-state index is -4.45. The molecule has 0 bridgehead atoms. The molecule has 4 N–H and O–H groups in total. The third kappa shape index (κ3) is 38.0. The first-order valence-corrected chi connectivity index (χ1v) is 19.1. The molecule has 322 valence electrons. The van der Waals surface area contributed by atoms with E-state index in [0.29, 0.717) is 48.4 Å². The van der Waals surface area contributed by atoms with Crippen LogP contribution in [-0.4, -0.2) is 142 Å². The third-order valence-electron chi connectivity index (χ3n) is 6.68. The van der Waals surface area contributed by atoms with Crippen molar-refractivity contribution in [2.45, 2.75) is 79.3 Å². The van der Waals surface area contributed by atoms with Gasteiger partial charge in [-0.25, -0.2) is 13.2 Å². The number of hydrogen-bond acceptors (Lipinski definition) is 13. The van der Waals surface area contributed by atoms with E-state index in [1.54, 1.807) is 41.5 Å². The molecule has 17 nitrogen and oxygen atoms in total. The van der Waals surface area contributed by atoms with Crippen molar-refractivity contribution in [3.8, 4) is 0 Å². The van der Waals surface area contributed by atoms with E-state index in [1.807, 2.05) is 21.1 Å². The van der Waals surface area contributed by atoms with E-state index < -0.39 is 38.3 Å². The molecule has 0 rings (SSSR count). The Balaban J connectivity index is -0.000000180. The second-order valence-electron chi connectivity index (χ2n) is 16.5. The van der Waals surface area contributed by atoms with Crippen LogP contribution in [0.25, 0.3) is 0 Å². The summed E-state index contributed by atoms with van der Waals surface area (Å²) in [5, 5.41) is 17.8. The summed E-state index contributed by atoms with van der Waals surface area (Å²) in [5.74, 6) is -1.94. The molecule has 2 amide bonds. The third-order valence-corrected chi connectivity index (χ3v) is 8.75. The molecule has 0 aromatic heterocycles. The predicted molar refractivity (Wildman–Crippen MR) is 203 cm³/mol. The van der Waals surface area contributed by atoms with Gasteiger partial charge in [0.25, 0.3) is 0 Å². The molecule has 0 aliphatic carbocycles. The van der Waals surface area contributed by atoms with E-state index in [-0.39, 0.29) is 43.1 Å². The Labute approximate surface area is 335 Å². The summed E-state index contributed by atoms with van der Waals surface area (Å²) < 4.78 is 48.6. The molecule has 0 spiro atoms. The molecule has 0 heterocycles. The Kier molecular flexibility index (Phi) is 30.8. The molecule has 54 heavy (non-hydrogen) atoms. The van der Waals surface area contributed by atoms with Crippen LogP contribution in [0, 0.1) is 11.3 Å². The fourth-order valence-electron chi connectivity index (χ4n) is 3.50. The lowest BCUT2D eigenvalue weighted by molar-refractivity contribution is -0.870. The molecule has 0 fully saturated rings. The maximum atomic E-state index is 12.3. The Morgan fingerprint density at radius 3 is 1.76 bits per heavy atom. The summed E-state index contributed by atoms with van der Waals surface area (Å²) in [7, 11) is 7.74. The lowest BCUT2D eigenvalue weighted by Crippen LogP contribution is -3.00. The van der Waals surface area contributed by atoms with E-state index in [1.165, 1.54) is 19.9 Å². The zero-order valence-corrected chi connectivity index (χ0v) is 37.1. The molecule has 0 saturated heterocycles. The smallest absolute Gasteiger partial charge is 1.00 e. The molecule has 0 saturated carbocycles. The summed E-state index contributed by atoms with van der Waals surface area (Å²) >= 11 is 0.829. The highest BCUT2D eigenvalue weighted by Crippen LogP contribution is 2.27. The standard InChI is InChI=1S/C18H36N2O6S.C9H18NO2.C7H13NO4S.ClH.H2O/c1-14(15(21)19-18(4,5)13-27(23,24)25)9-10-17(2,3)16(22)26-12-11-20(6,7)8;1-8(2)9(11)12-7-6-10(3,4)5;1-4-6(9)8-7(2,3)5-13-12-11-10;;/h14H,9-13H2,1-8H3,(H-,19,21,23,24,25);1,6-7H2,2-5H3;4,10H,1,5H2,2-3H3,(H,8,9);1H;1H2/q;+1;;;/p-1. The normalized spacial score (nSPS) is 12.4. The molecular formula is C34H69ClN4O13S2. The molecule has 0 aromatic rings. The van der Waals surface area contributed by atoms with E-state index in [4.69, 9.17) is 9.47 Å². The lowest BCUT2D eigenvalue weighted by Gasteiger charge is -2.30. The largest absolute Gasteiger partial charge is 1.00 e. The van der Waals surface area contributed by atoms with E-state index in [0.717, 1.165) is 23.1 Å². The number of carbonyl (C=O) groups is 4. The highest BCUT2D eigenvalue weighted by Gasteiger charge is 2.32. The van der Waals surface area contributed by atoms with Crippen molar-refractivity contribution in [2.24, 2.45) is 11.3 Å². The van der Waals surface area contributed by atoms with Crippen LogP contribution >= 0.6 is 12.0 Å². The van der Waals surface area contributed by atoms with Gasteiger partial charge in [-0.3, -0.25) is 19.4 Å². The van der Waals surface area contributed by atoms with Crippen LogP contribution in [0.15, 0.2) is 24.8 Å². The number of hydrogen-bond donors (Lipinski definition) is 2. The van der Waals surface area contributed by atoms with Gasteiger partial charge < -0.3 is 56.8 Å². The van der Waals surface area contributed by atoms with Crippen molar-refractivity contribution in [1.29, 1.82) is 0 Å². The SMILES string of the molecule is C=C(C)C(=O)OCC[N+](C)(C)C.C=CC(=O)NC(C)(C)CSOO[O-].CC(CCC(C)(C)C(=O)OCC[N+](C)(C)C)C(=O)NC(C)(C)CS(=O)(=O)[O-].O.[Cl-].[H+]. The van der Waals surface area contributed by atoms with E-state index >= 15 is 0 Å². The lowest BCUT2D eigenvalue weighted by atomic mass is 9.84. The summed E-state index contributed by atoms with van der Waals surface area (Å²) in [6.07, 6.45) is 2.06. The van der Waals surface area contributed by atoms with Gasteiger partial charge in [-0.05, 0) is 67.4 Å². The number of carbonyl (C=O) groups excluding carboxylic acids is 4. The summed E-state index contributed by atoms with van der Waals surface area (Å²) in [6, 6.07) is 0. The number of ether oxygens (including phenoxy) is 2. The topological polar surface area (TPSA) is 241 Å². The van der Waals surface area contributed by atoms with Gasteiger partial charge >= 0.3 is 13.4 Å². The Bertz CT molecular complexity index is 1270. The molecule has 1 atom stereocenters. The number of nitrogens with zero attached hydrogens (tertiary/aromatic N) is 2. The zero-order chi connectivity index (χ0) is 41.8. The molecule has 0 radical (unpaired) electrons. The number of esters is 2. The predicted octanol–water partition coefficient (Wildman–Crippen LogP) is -1.84. The highest BCUT2D eigenvalue weighted by molar-refractivity contribution is 7.94. The fraction of sp³-hybridized carbons (Fsp3) is 0.765. The van der Waals surface area contributed by atoms with Crippen LogP contribution in [0.4, 0.5) is 0 Å². The van der Waals surface area contributed by atoms with Crippen molar-refractivity contribution in [3.63, 3.8) is 0 Å². The first-order valence-electron chi connectivity index (χ1n) is 16.6. The second-order valence-corrected chi connectivity index (χ2v) is 18.5. The van der Waals surface area contributed by atoms with E-state index in [2.05, 4.69) is 54.3 Å². The number of amides is 2. The van der Waals surface area contributed by atoms with Gasteiger partial charge in [0, 0.05) is 40.4 Å². The number of likely N-dealkylation sites (N-methyl/N-ethyl adjacent to an activating group) is 2. The highest BCUT2D eigenvalue weighted by atomic mass is 35.5. The average Bonchev–Trinajstić information content (AvgIpc) is 2.93. The first-order chi connectivity index (χ1) is 23.2. The van der Waals surface area contributed by atoms with Gasteiger partial charge in [0.2, 0.25) is 11.8 Å².